The van der Waals surface area contributed by atoms with Gasteiger partial charge in [0.05, 0.1) is 19.8 Å². The van der Waals surface area contributed by atoms with Gasteiger partial charge in [-0.3, -0.25) is 14.6 Å². The van der Waals surface area contributed by atoms with Gasteiger partial charge >= 0.3 is 0 Å². The lowest BCUT2D eigenvalue weighted by Gasteiger charge is -2.19. The summed E-state index contributed by atoms with van der Waals surface area (Å²) in [6.45, 7) is 8.02. The number of carbonyl (C=O) groups excluding carboxylic acids is 2. The molecule has 1 aromatic rings. The van der Waals surface area contributed by atoms with E-state index >= 15 is 0 Å². The molecular formula is C22H38N2O4. The molecule has 1 aromatic heterocycles. The van der Waals surface area contributed by atoms with Crippen molar-refractivity contribution in [2.45, 2.75) is 59.3 Å². The molecule has 6 nitrogen and oxygen atoms in total. The Labute approximate surface area is 170 Å². The molecule has 0 aromatic carbocycles. The second-order valence-electron chi connectivity index (χ2n) is 6.23. The van der Waals surface area contributed by atoms with E-state index in [0.717, 1.165) is 19.3 Å². The zero-order valence-electron chi connectivity index (χ0n) is 18.0. The first-order valence-electron chi connectivity index (χ1n) is 10.5. The van der Waals surface area contributed by atoms with Gasteiger partial charge in [0.1, 0.15) is 11.5 Å². The molecule has 160 valence electrons. The number of hydrogen-bond donors (Lipinski definition) is 1. The number of aromatic nitrogens is 1. The van der Waals surface area contributed by atoms with Crippen molar-refractivity contribution in [3.63, 3.8) is 0 Å². The molecule has 0 spiro atoms. The van der Waals surface area contributed by atoms with Gasteiger partial charge in [-0.1, -0.05) is 46.1 Å². The fourth-order valence-electron chi connectivity index (χ4n) is 2.78. The normalized spacial score (nSPS) is 13.4. The quantitative estimate of drug-likeness (QED) is 0.640. The topological polar surface area (TPSA) is 77.5 Å². The second-order valence-corrected chi connectivity index (χ2v) is 6.23. The SMILES string of the molecule is CC.CCC(=O)C1CCCCC1.COCCOCCNC(=O)c1ccccn1. The van der Waals surface area contributed by atoms with Gasteiger partial charge in [0.15, 0.2) is 0 Å². The lowest BCUT2D eigenvalue weighted by atomic mass is 9.85. The number of nitrogens with zero attached hydrogens (tertiary/aromatic N) is 1. The van der Waals surface area contributed by atoms with Crippen molar-refractivity contribution in [3.8, 4) is 0 Å². The number of methoxy groups -OCH3 is 1. The highest BCUT2D eigenvalue weighted by Gasteiger charge is 2.18. The van der Waals surface area contributed by atoms with Gasteiger partial charge in [-0.2, -0.15) is 0 Å². The molecule has 0 radical (unpaired) electrons. The summed E-state index contributed by atoms with van der Waals surface area (Å²) in [5, 5.41) is 2.71. The van der Waals surface area contributed by atoms with Crippen molar-refractivity contribution in [1.29, 1.82) is 0 Å². The van der Waals surface area contributed by atoms with Crippen LogP contribution in [-0.4, -0.2) is 50.1 Å². The average molecular weight is 395 g/mol. The molecule has 0 unspecified atom stereocenters. The first kappa shape index (κ1) is 26.2. The number of nitrogens with one attached hydrogen (secondary N) is 1. The van der Waals surface area contributed by atoms with Crippen LogP contribution in [0.5, 0.6) is 0 Å². The first-order valence-corrected chi connectivity index (χ1v) is 10.5. The predicted molar refractivity (Wildman–Crippen MR) is 112 cm³/mol. The summed E-state index contributed by atoms with van der Waals surface area (Å²) < 4.78 is 10.0. The van der Waals surface area contributed by atoms with Crippen LogP contribution in [0.2, 0.25) is 0 Å². The van der Waals surface area contributed by atoms with Crippen LogP contribution in [0.1, 0.15) is 69.8 Å². The molecule has 0 saturated heterocycles. The van der Waals surface area contributed by atoms with Crippen molar-refractivity contribution in [3.05, 3.63) is 30.1 Å². The van der Waals surface area contributed by atoms with Crippen molar-refractivity contribution in [2.75, 3.05) is 33.5 Å². The molecule has 0 aliphatic heterocycles. The van der Waals surface area contributed by atoms with E-state index in [-0.39, 0.29) is 5.91 Å². The number of ether oxygens (including phenoxy) is 2. The van der Waals surface area contributed by atoms with Crippen molar-refractivity contribution in [1.82, 2.24) is 10.3 Å². The average Bonchev–Trinajstić information content (AvgIpc) is 2.78. The Morgan fingerprint density at radius 2 is 1.82 bits per heavy atom. The van der Waals surface area contributed by atoms with Gasteiger partial charge in [0.25, 0.3) is 5.91 Å². The number of Topliss-reactive ketones (excluding diaryl/α,β-unsaturated/α-hetero) is 1. The maximum Gasteiger partial charge on any atom is 0.269 e. The molecule has 1 N–H and O–H groups in total. The van der Waals surface area contributed by atoms with Gasteiger partial charge in [0, 0.05) is 32.2 Å². The van der Waals surface area contributed by atoms with Crippen molar-refractivity contribution in [2.24, 2.45) is 5.92 Å². The van der Waals surface area contributed by atoms with Gasteiger partial charge in [-0.15, -0.1) is 0 Å². The molecule has 1 amide bonds. The monoisotopic (exact) mass is 394 g/mol. The molecule has 6 heteroatoms. The molecule has 2 rings (SSSR count). The Morgan fingerprint density at radius 1 is 1.11 bits per heavy atom. The zero-order chi connectivity index (χ0) is 21.0. The highest BCUT2D eigenvalue weighted by Crippen LogP contribution is 2.24. The third-order valence-electron chi connectivity index (χ3n) is 4.27. The smallest absolute Gasteiger partial charge is 0.269 e. The Hall–Kier alpha value is -1.79. The predicted octanol–water partition coefficient (Wildman–Crippen LogP) is 4.05. The summed E-state index contributed by atoms with van der Waals surface area (Å²) in [5.41, 5.74) is 0.416. The third kappa shape index (κ3) is 12.6. The number of pyridine rings is 1. The number of carbonyl (C=O) groups is 2. The van der Waals surface area contributed by atoms with Crippen LogP contribution >= 0.6 is 0 Å². The molecule has 1 aliphatic carbocycles. The standard InChI is InChI=1S/C11H16N2O3.C9H16O.C2H6/c1-15-8-9-16-7-6-13-11(14)10-4-2-3-5-12-10;1-2-9(10)8-6-4-3-5-7-8;1-2/h2-5H,6-9H2,1H3,(H,13,14);8H,2-7H2,1H3;1-2H3. The molecule has 1 aliphatic rings. The van der Waals surface area contributed by atoms with Gasteiger partial charge < -0.3 is 14.8 Å². The van der Waals surface area contributed by atoms with Crippen LogP contribution in [0, 0.1) is 5.92 Å². The number of ketones is 1. The summed E-state index contributed by atoms with van der Waals surface area (Å²) >= 11 is 0. The Morgan fingerprint density at radius 3 is 2.39 bits per heavy atom. The summed E-state index contributed by atoms with van der Waals surface area (Å²) in [7, 11) is 1.62. The molecule has 1 fully saturated rings. The molecule has 1 heterocycles. The minimum atomic E-state index is -0.184. The van der Waals surface area contributed by atoms with E-state index in [2.05, 4.69) is 10.3 Å². The summed E-state index contributed by atoms with van der Waals surface area (Å²) in [6, 6.07) is 5.21. The molecule has 1 saturated carbocycles. The van der Waals surface area contributed by atoms with Gasteiger partial charge in [-0.25, -0.2) is 0 Å². The van der Waals surface area contributed by atoms with Crippen LogP contribution in [0.15, 0.2) is 24.4 Å². The molecule has 0 bridgehead atoms. The minimum absolute atomic E-state index is 0.184. The highest BCUT2D eigenvalue weighted by atomic mass is 16.5. The van der Waals surface area contributed by atoms with E-state index in [1.165, 1.54) is 19.3 Å². The lowest BCUT2D eigenvalue weighted by molar-refractivity contribution is -0.123. The Kier molecular flexibility index (Phi) is 17.4. The van der Waals surface area contributed by atoms with Crippen LogP contribution < -0.4 is 5.32 Å². The summed E-state index contributed by atoms with van der Waals surface area (Å²) in [6.07, 6.45) is 8.54. The molecular weight excluding hydrogens is 356 g/mol. The molecule has 28 heavy (non-hydrogen) atoms. The highest BCUT2D eigenvalue weighted by molar-refractivity contribution is 5.92. The van der Waals surface area contributed by atoms with Crippen LogP contribution in [0.4, 0.5) is 0 Å². The lowest BCUT2D eigenvalue weighted by Crippen LogP contribution is -2.28. The van der Waals surface area contributed by atoms with E-state index in [1.807, 2.05) is 20.8 Å². The summed E-state index contributed by atoms with van der Waals surface area (Å²) in [5.74, 6) is 0.731. The Bertz CT molecular complexity index is 503. The first-order chi connectivity index (χ1) is 13.7. The Balaban J connectivity index is 0.000000520. The van der Waals surface area contributed by atoms with Crippen LogP contribution in [0.25, 0.3) is 0 Å². The van der Waals surface area contributed by atoms with E-state index in [9.17, 15) is 9.59 Å². The van der Waals surface area contributed by atoms with E-state index in [0.29, 0.717) is 43.8 Å². The van der Waals surface area contributed by atoms with Gasteiger partial charge in [0.2, 0.25) is 0 Å². The molecule has 0 atom stereocenters. The minimum Gasteiger partial charge on any atom is -0.382 e. The fraction of sp³-hybridized carbons (Fsp3) is 0.682. The number of hydrogen-bond acceptors (Lipinski definition) is 5. The van der Waals surface area contributed by atoms with E-state index in [1.54, 1.807) is 31.5 Å². The van der Waals surface area contributed by atoms with Gasteiger partial charge in [-0.05, 0) is 25.0 Å². The van der Waals surface area contributed by atoms with Crippen LogP contribution in [-0.2, 0) is 14.3 Å². The van der Waals surface area contributed by atoms with Crippen LogP contribution in [0.3, 0.4) is 0 Å². The third-order valence-corrected chi connectivity index (χ3v) is 4.27. The number of amides is 1. The maximum atomic E-state index is 11.5. The second kappa shape index (κ2) is 18.6. The van der Waals surface area contributed by atoms with Crippen molar-refractivity contribution >= 4 is 11.7 Å². The van der Waals surface area contributed by atoms with E-state index in [4.69, 9.17) is 9.47 Å². The van der Waals surface area contributed by atoms with Crippen molar-refractivity contribution < 1.29 is 19.1 Å². The fourth-order valence-corrected chi connectivity index (χ4v) is 2.78. The maximum absolute atomic E-state index is 11.5. The summed E-state index contributed by atoms with van der Waals surface area (Å²) in [4.78, 5) is 26.6. The van der Waals surface area contributed by atoms with E-state index < -0.39 is 0 Å². The zero-order valence-corrected chi connectivity index (χ0v) is 18.0. The largest absolute Gasteiger partial charge is 0.382 e. The number of rotatable bonds is 9.